The molecule has 0 atom stereocenters. The Morgan fingerprint density at radius 2 is 1.74 bits per heavy atom. The molecule has 3 aromatic rings. The molecule has 39 heavy (non-hydrogen) atoms. The minimum absolute atomic E-state index is 0.0959. The lowest BCUT2D eigenvalue weighted by Crippen LogP contribution is -2.46. The number of esters is 1. The van der Waals surface area contributed by atoms with E-state index in [1.807, 2.05) is 36.4 Å². The van der Waals surface area contributed by atoms with Crippen molar-refractivity contribution in [3.8, 4) is 5.75 Å². The molecule has 1 aliphatic rings. The number of halogens is 2. The molecule has 0 amide bonds. The molecule has 0 bridgehead atoms. The van der Waals surface area contributed by atoms with Crippen molar-refractivity contribution < 1.29 is 14.3 Å². The molecular formula is C30H37Cl2N3O4. The molecule has 2 heterocycles. The van der Waals surface area contributed by atoms with Crippen LogP contribution >= 0.6 is 23.2 Å². The first kappa shape index (κ1) is 29.2. The number of rotatable bonds is 13. The van der Waals surface area contributed by atoms with E-state index < -0.39 is 0 Å². The standard InChI is InChI=1S/C30H37Cl2N3O4/c1-2-3-4-10-29(37)39-22-35-27-21-24(13-11-23(27)12-14-28(35)36)38-20-6-5-15-33-16-18-34(19-17-33)26-9-7-8-25(31)30(26)32/h7-9,11-14,21H,2-6,10,15-20,22H2,1H3. The molecule has 1 aliphatic heterocycles. The molecule has 0 radical (unpaired) electrons. The van der Waals surface area contributed by atoms with E-state index in [1.165, 1.54) is 10.6 Å². The average molecular weight is 575 g/mol. The van der Waals surface area contributed by atoms with Gasteiger partial charge in [-0.25, -0.2) is 0 Å². The van der Waals surface area contributed by atoms with Crippen LogP contribution in [-0.2, 0) is 16.3 Å². The van der Waals surface area contributed by atoms with Crippen molar-refractivity contribution in [2.24, 2.45) is 0 Å². The fourth-order valence-corrected chi connectivity index (χ4v) is 5.21. The van der Waals surface area contributed by atoms with Gasteiger partial charge in [-0.1, -0.05) is 49.0 Å². The van der Waals surface area contributed by atoms with Crippen LogP contribution in [0, 0.1) is 0 Å². The molecule has 9 heteroatoms. The minimum Gasteiger partial charge on any atom is -0.494 e. The normalized spacial score (nSPS) is 14.1. The van der Waals surface area contributed by atoms with Crippen LogP contribution in [0.1, 0.15) is 45.4 Å². The number of aromatic nitrogens is 1. The Kier molecular flexibility index (Phi) is 10.9. The number of hydrogen-bond donors (Lipinski definition) is 0. The molecule has 0 aliphatic carbocycles. The Morgan fingerprint density at radius 3 is 2.54 bits per heavy atom. The number of unbranched alkanes of at least 4 members (excludes halogenated alkanes) is 3. The first-order valence-electron chi connectivity index (χ1n) is 13.8. The molecule has 0 spiro atoms. The van der Waals surface area contributed by atoms with Gasteiger partial charge >= 0.3 is 5.97 Å². The number of fused-ring (bicyclic) bond motifs is 1. The largest absolute Gasteiger partial charge is 0.494 e. The van der Waals surface area contributed by atoms with Crippen LogP contribution in [0.25, 0.3) is 10.9 Å². The van der Waals surface area contributed by atoms with Gasteiger partial charge in [-0.05, 0) is 61.5 Å². The third-order valence-corrected chi connectivity index (χ3v) is 7.89. The Balaban J connectivity index is 1.22. The fourth-order valence-electron chi connectivity index (χ4n) is 4.80. The number of carbonyl (C=O) groups excluding carboxylic acids is 1. The highest BCUT2D eigenvalue weighted by molar-refractivity contribution is 6.43. The van der Waals surface area contributed by atoms with E-state index in [1.54, 1.807) is 6.07 Å². The lowest BCUT2D eigenvalue weighted by molar-refractivity contribution is -0.147. The highest BCUT2D eigenvalue weighted by Crippen LogP contribution is 2.32. The van der Waals surface area contributed by atoms with Crippen molar-refractivity contribution in [1.82, 2.24) is 9.47 Å². The first-order chi connectivity index (χ1) is 19.0. The van der Waals surface area contributed by atoms with Crippen molar-refractivity contribution in [3.63, 3.8) is 0 Å². The van der Waals surface area contributed by atoms with Crippen LogP contribution in [-0.4, -0.2) is 54.8 Å². The number of benzene rings is 2. The lowest BCUT2D eigenvalue weighted by Gasteiger charge is -2.36. The molecule has 0 unspecified atom stereocenters. The fraction of sp³-hybridized carbons (Fsp3) is 0.467. The monoisotopic (exact) mass is 573 g/mol. The summed E-state index contributed by atoms with van der Waals surface area (Å²) in [5, 5.41) is 2.11. The number of carbonyl (C=O) groups is 1. The molecule has 2 aromatic carbocycles. The van der Waals surface area contributed by atoms with Crippen molar-refractivity contribution in [1.29, 1.82) is 0 Å². The third kappa shape index (κ3) is 8.13. The van der Waals surface area contributed by atoms with E-state index in [9.17, 15) is 9.59 Å². The van der Waals surface area contributed by atoms with E-state index >= 15 is 0 Å². The summed E-state index contributed by atoms with van der Waals surface area (Å²) in [7, 11) is 0. The maximum Gasteiger partial charge on any atom is 0.307 e. The highest BCUT2D eigenvalue weighted by Gasteiger charge is 2.19. The number of ether oxygens (including phenoxy) is 2. The summed E-state index contributed by atoms with van der Waals surface area (Å²) < 4.78 is 12.9. The summed E-state index contributed by atoms with van der Waals surface area (Å²) in [6.45, 7) is 7.40. The molecule has 0 saturated carbocycles. The zero-order chi connectivity index (χ0) is 27.6. The number of pyridine rings is 1. The summed E-state index contributed by atoms with van der Waals surface area (Å²) in [5.74, 6) is 0.414. The first-order valence-corrected chi connectivity index (χ1v) is 14.5. The van der Waals surface area contributed by atoms with E-state index in [2.05, 4.69) is 16.7 Å². The van der Waals surface area contributed by atoms with Crippen LogP contribution in [0.3, 0.4) is 0 Å². The molecule has 1 fully saturated rings. The van der Waals surface area contributed by atoms with Crippen molar-refractivity contribution in [2.75, 3.05) is 44.2 Å². The molecule has 0 N–H and O–H groups in total. The number of nitrogens with zero attached hydrogens (tertiary/aromatic N) is 3. The van der Waals surface area contributed by atoms with Gasteiger partial charge in [0.25, 0.3) is 5.56 Å². The second-order valence-corrected chi connectivity index (χ2v) is 10.7. The van der Waals surface area contributed by atoms with Crippen LogP contribution < -0.4 is 15.2 Å². The highest BCUT2D eigenvalue weighted by atomic mass is 35.5. The Morgan fingerprint density at radius 1 is 0.949 bits per heavy atom. The predicted molar refractivity (Wildman–Crippen MR) is 158 cm³/mol. The second kappa shape index (κ2) is 14.6. The van der Waals surface area contributed by atoms with Crippen LogP contribution in [0.4, 0.5) is 5.69 Å². The molecule has 4 rings (SSSR count). The van der Waals surface area contributed by atoms with Gasteiger partial charge in [0.15, 0.2) is 6.73 Å². The number of anilines is 1. The third-order valence-electron chi connectivity index (χ3n) is 7.08. The van der Waals surface area contributed by atoms with Gasteiger partial charge in [0.05, 0.1) is 27.9 Å². The van der Waals surface area contributed by atoms with Gasteiger partial charge in [0, 0.05) is 44.7 Å². The smallest absolute Gasteiger partial charge is 0.307 e. The van der Waals surface area contributed by atoms with Crippen molar-refractivity contribution in [2.45, 2.75) is 52.2 Å². The quantitative estimate of drug-likeness (QED) is 0.175. The zero-order valence-corrected chi connectivity index (χ0v) is 24.1. The summed E-state index contributed by atoms with van der Waals surface area (Å²) in [5.41, 5.74) is 1.49. The van der Waals surface area contributed by atoms with Gasteiger partial charge < -0.3 is 14.4 Å². The Bertz CT molecular complexity index is 1310. The van der Waals surface area contributed by atoms with Gasteiger partial charge in [-0.3, -0.25) is 19.1 Å². The summed E-state index contributed by atoms with van der Waals surface area (Å²) >= 11 is 12.6. The maximum atomic E-state index is 12.5. The van der Waals surface area contributed by atoms with E-state index in [0.29, 0.717) is 34.3 Å². The van der Waals surface area contributed by atoms with Crippen LogP contribution in [0.15, 0.2) is 53.3 Å². The Hall–Kier alpha value is -2.74. The molecule has 210 valence electrons. The lowest BCUT2D eigenvalue weighted by atomic mass is 10.2. The van der Waals surface area contributed by atoms with Crippen LogP contribution in [0.5, 0.6) is 5.75 Å². The maximum absolute atomic E-state index is 12.5. The van der Waals surface area contributed by atoms with Gasteiger partial charge in [0.2, 0.25) is 0 Å². The summed E-state index contributed by atoms with van der Waals surface area (Å²) in [6.07, 6.45) is 5.15. The second-order valence-electron chi connectivity index (χ2n) is 9.88. The topological polar surface area (TPSA) is 64.0 Å². The molecule has 1 aromatic heterocycles. The van der Waals surface area contributed by atoms with Crippen LogP contribution in [0.2, 0.25) is 10.0 Å². The van der Waals surface area contributed by atoms with E-state index in [4.69, 9.17) is 32.7 Å². The minimum atomic E-state index is -0.283. The number of piperazine rings is 1. The molecular weight excluding hydrogens is 537 g/mol. The van der Waals surface area contributed by atoms with Gasteiger partial charge in [-0.15, -0.1) is 0 Å². The average Bonchev–Trinajstić information content (AvgIpc) is 2.94. The van der Waals surface area contributed by atoms with Gasteiger partial charge in [-0.2, -0.15) is 0 Å². The predicted octanol–water partition coefficient (Wildman–Crippen LogP) is 6.37. The van der Waals surface area contributed by atoms with Gasteiger partial charge in [0.1, 0.15) is 5.75 Å². The Labute approximate surface area is 240 Å². The molecule has 7 nitrogen and oxygen atoms in total. The SMILES string of the molecule is CCCCCC(=O)OCn1c(=O)ccc2ccc(OCCCCN3CCN(c4cccc(Cl)c4Cl)CC3)cc21. The summed E-state index contributed by atoms with van der Waals surface area (Å²) in [4.78, 5) is 29.3. The van der Waals surface area contributed by atoms with E-state index in [0.717, 1.165) is 75.9 Å². The zero-order valence-electron chi connectivity index (χ0n) is 22.5. The van der Waals surface area contributed by atoms with Crippen molar-refractivity contribution in [3.05, 3.63) is 68.9 Å². The number of hydrogen-bond acceptors (Lipinski definition) is 6. The molecule has 1 saturated heterocycles. The summed E-state index contributed by atoms with van der Waals surface area (Å²) in [6, 6.07) is 14.7. The van der Waals surface area contributed by atoms with E-state index in [-0.39, 0.29) is 18.3 Å². The van der Waals surface area contributed by atoms with Crippen molar-refractivity contribution >= 4 is 45.8 Å².